The monoisotopic (exact) mass is 373 g/mol. The first-order valence-corrected chi connectivity index (χ1v) is 8.66. The largest absolute Gasteiger partial charge is 0.494 e. The second-order valence-electron chi connectivity index (χ2n) is 6.05. The van der Waals surface area contributed by atoms with Crippen molar-refractivity contribution in [2.24, 2.45) is 0 Å². The predicted molar refractivity (Wildman–Crippen MR) is 103 cm³/mol. The molecule has 2 aromatic rings. The third-order valence-corrected chi connectivity index (χ3v) is 4.19. The van der Waals surface area contributed by atoms with Crippen LogP contribution in [0.5, 0.6) is 5.75 Å². The van der Waals surface area contributed by atoms with Gasteiger partial charge in [0.05, 0.1) is 13.2 Å². The first kappa shape index (κ1) is 20.2. The van der Waals surface area contributed by atoms with Crippen LogP contribution in [-0.2, 0) is 0 Å². The van der Waals surface area contributed by atoms with Crippen molar-refractivity contribution in [1.29, 1.82) is 0 Å². The molecule has 144 valence electrons. The van der Waals surface area contributed by atoms with Crippen molar-refractivity contribution in [1.82, 2.24) is 10.6 Å². The molecule has 0 unspecified atom stereocenters. The summed E-state index contributed by atoms with van der Waals surface area (Å²) in [6.45, 7) is 5.87. The number of methoxy groups -OCH3 is 1. The lowest BCUT2D eigenvalue weighted by Gasteiger charge is -2.17. The highest BCUT2D eigenvalue weighted by Crippen LogP contribution is 2.22. The number of hydrogen-bond donors (Lipinski definition) is 3. The number of benzene rings is 2. The molecule has 0 aromatic heterocycles. The fourth-order valence-electron chi connectivity index (χ4n) is 2.66. The molecule has 2 aromatic carbocycles. The highest BCUT2D eigenvalue weighted by Gasteiger charge is 2.15. The van der Waals surface area contributed by atoms with E-state index in [0.717, 1.165) is 0 Å². The van der Waals surface area contributed by atoms with Gasteiger partial charge in [0.15, 0.2) is 11.6 Å². The maximum Gasteiger partial charge on any atom is 0.319 e. The second kappa shape index (κ2) is 9.02. The van der Waals surface area contributed by atoms with Crippen molar-refractivity contribution in [2.45, 2.75) is 26.8 Å². The smallest absolute Gasteiger partial charge is 0.319 e. The molecule has 0 fully saturated rings. The van der Waals surface area contributed by atoms with Crippen LogP contribution in [0.4, 0.5) is 14.9 Å². The van der Waals surface area contributed by atoms with Gasteiger partial charge in [0.25, 0.3) is 5.91 Å². The molecule has 0 heterocycles. The van der Waals surface area contributed by atoms with E-state index in [9.17, 15) is 14.0 Å². The van der Waals surface area contributed by atoms with Gasteiger partial charge in [-0.05, 0) is 56.2 Å². The summed E-state index contributed by atoms with van der Waals surface area (Å²) in [5.74, 6) is -0.538. The number of nitrogens with one attached hydrogen (secondary N) is 3. The van der Waals surface area contributed by atoms with Crippen molar-refractivity contribution in [2.75, 3.05) is 19.0 Å². The SMILES string of the molecule is CCNC(=O)c1cccc(NC(=O)N[C@@H](C)c2ccc(OC)c(F)c2)c1C. The summed E-state index contributed by atoms with van der Waals surface area (Å²) < 4.78 is 18.7. The Balaban J connectivity index is 2.08. The first-order valence-electron chi connectivity index (χ1n) is 8.66. The highest BCUT2D eigenvalue weighted by atomic mass is 19.1. The minimum absolute atomic E-state index is 0.146. The molecule has 0 aliphatic rings. The Hall–Kier alpha value is -3.09. The number of carbonyl (C=O) groups is 2. The molecule has 0 aliphatic carbocycles. The first-order chi connectivity index (χ1) is 12.9. The van der Waals surface area contributed by atoms with Crippen molar-refractivity contribution >= 4 is 17.6 Å². The van der Waals surface area contributed by atoms with Crippen LogP contribution in [0.3, 0.4) is 0 Å². The van der Waals surface area contributed by atoms with Gasteiger partial charge in [-0.25, -0.2) is 9.18 Å². The Kier molecular flexibility index (Phi) is 6.76. The van der Waals surface area contributed by atoms with Gasteiger partial charge in [0, 0.05) is 17.8 Å². The maximum atomic E-state index is 13.8. The van der Waals surface area contributed by atoms with Gasteiger partial charge < -0.3 is 20.7 Å². The van der Waals surface area contributed by atoms with Crippen LogP contribution >= 0.6 is 0 Å². The Bertz CT molecular complexity index is 839. The number of ether oxygens (including phenoxy) is 1. The lowest BCUT2D eigenvalue weighted by Crippen LogP contribution is -2.31. The van der Waals surface area contributed by atoms with Gasteiger partial charge in [-0.15, -0.1) is 0 Å². The molecule has 3 amide bonds. The third-order valence-electron chi connectivity index (χ3n) is 4.19. The maximum absolute atomic E-state index is 13.8. The van der Waals surface area contributed by atoms with Crippen LogP contribution in [0.1, 0.15) is 41.4 Å². The number of rotatable bonds is 6. The van der Waals surface area contributed by atoms with Crippen LogP contribution in [0.25, 0.3) is 0 Å². The molecular weight excluding hydrogens is 349 g/mol. The molecule has 27 heavy (non-hydrogen) atoms. The standard InChI is InChI=1S/C20H24FN3O3/c1-5-22-19(25)15-7-6-8-17(12(15)2)24-20(26)23-13(3)14-9-10-18(27-4)16(21)11-14/h6-11,13H,5H2,1-4H3,(H,22,25)(H2,23,24,26)/t13-/m0/s1. The molecule has 0 saturated carbocycles. The summed E-state index contributed by atoms with van der Waals surface area (Å²) in [5, 5.41) is 8.23. The van der Waals surface area contributed by atoms with Crippen molar-refractivity contribution in [3.63, 3.8) is 0 Å². The van der Waals surface area contributed by atoms with E-state index >= 15 is 0 Å². The number of anilines is 1. The highest BCUT2D eigenvalue weighted by molar-refractivity contribution is 5.99. The molecule has 2 rings (SSSR count). The van der Waals surface area contributed by atoms with E-state index < -0.39 is 17.9 Å². The zero-order valence-corrected chi connectivity index (χ0v) is 15.9. The van der Waals surface area contributed by atoms with Gasteiger partial charge in [-0.2, -0.15) is 0 Å². The van der Waals surface area contributed by atoms with Crippen molar-refractivity contribution in [3.8, 4) is 5.75 Å². The van der Waals surface area contributed by atoms with E-state index in [4.69, 9.17) is 4.74 Å². The number of urea groups is 1. The minimum Gasteiger partial charge on any atom is -0.494 e. The second-order valence-corrected chi connectivity index (χ2v) is 6.05. The number of hydrogen-bond acceptors (Lipinski definition) is 3. The lowest BCUT2D eigenvalue weighted by atomic mass is 10.1. The normalized spacial score (nSPS) is 11.4. The summed E-state index contributed by atoms with van der Waals surface area (Å²) in [6, 6.07) is 8.78. The molecule has 7 heteroatoms. The molecule has 0 saturated heterocycles. The van der Waals surface area contributed by atoms with Gasteiger partial charge in [0.2, 0.25) is 0 Å². The van der Waals surface area contributed by atoms with E-state index in [2.05, 4.69) is 16.0 Å². The number of carbonyl (C=O) groups excluding carboxylic acids is 2. The molecular formula is C20H24FN3O3. The third kappa shape index (κ3) is 4.97. The van der Waals surface area contributed by atoms with E-state index in [1.54, 1.807) is 38.1 Å². The quantitative estimate of drug-likeness (QED) is 0.721. The predicted octanol–water partition coefficient (Wildman–Crippen LogP) is 3.78. The van der Waals surface area contributed by atoms with E-state index in [0.29, 0.717) is 28.9 Å². The van der Waals surface area contributed by atoms with E-state index in [1.807, 2.05) is 6.92 Å². The molecule has 0 spiro atoms. The van der Waals surface area contributed by atoms with Crippen LogP contribution in [0.15, 0.2) is 36.4 Å². The van der Waals surface area contributed by atoms with Crippen LogP contribution in [-0.4, -0.2) is 25.6 Å². The van der Waals surface area contributed by atoms with Gasteiger partial charge in [-0.3, -0.25) is 4.79 Å². The summed E-state index contributed by atoms with van der Waals surface area (Å²) >= 11 is 0. The minimum atomic E-state index is -0.491. The molecule has 3 N–H and O–H groups in total. The topological polar surface area (TPSA) is 79.5 Å². The lowest BCUT2D eigenvalue weighted by molar-refractivity contribution is 0.0955. The average molecular weight is 373 g/mol. The molecule has 0 radical (unpaired) electrons. The summed E-state index contributed by atoms with van der Waals surface area (Å²) in [7, 11) is 1.39. The van der Waals surface area contributed by atoms with Gasteiger partial charge in [0.1, 0.15) is 0 Å². The Morgan fingerprint density at radius 3 is 2.59 bits per heavy atom. The zero-order valence-electron chi connectivity index (χ0n) is 15.9. The molecule has 0 aliphatic heterocycles. The Morgan fingerprint density at radius 1 is 1.22 bits per heavy atom. The summed E-state index contributed by atoms with van der Waals surface area (Å²) in [4.78, 5) is 24.4. The Morgan fingerprint density at radius 2 is 1.96 bits per heavy atom. The fourth-order valence-corrected chi connectivity index (χ4v) is 2.66. The molecule has 0 bridgehead atoms. The molecule has 1 atom stereocenters. The Labute approximate surface area is 158 Å². The van der Waals surface area contributed by atoms with Gasteiger partial charge >= 0.3 is 6.03 Å². The molecule has 6 nitrogen and oxygen atoms in total. The van der Waals surface area contributed by atoms with E-state index in [1.165, 1.54) is 19.2 Å². The van der Waals surface area contributed by atoms with Crippen LogP contribution < -0.4 is 20.7 Å². The van der Waals surface area contributed by atoms with Gasteiger partial charge in [-0.1, -0.05) is 12.1 Å². The number of amides is 3. The fraction of sp³-hybridized carbons (Fsp3) is 0.300. The summed E-state index contributed by atoms with van der Waals surface area (Å²) in [5.41, 5.74) is 2.31. The van der Waals surface area contributed by atoms with E-state index in [-0.39, 0.29) is 11.7 Å². The van der Waals surface area contributed by atoms with Crippen molar-refractivity contribution < 1.29 is 18.7 Å². The van der Waals surface area contributed by atoms with Crippen LogP contribution in [0, 0.1) is 12.7 Å². The van der Waals surface area contributed by atoms with Crippen molar-refractivity contribution in [3.05, 3.63) is 58.9 Å². The zero-order chi connectivity index (χ0) is 20.0. The summed E-state index contributed by atoms with van der Waals surface area (Å²) in [6.07, 6.45) is 0. The number of halogens is 1. The average Bonchev–Trinajstić information content (AvgIpc) is 2.63. The van der Waals surface area contributed by atoms with Crippen LogP contribution in [0.2, 0.25) is 0 Å².